The van der Waals surface area contributed by atoms with Crippen LogP contribution >= 0.6 is 11.3 Å². The summed E-state index contributed by atoms with van der Waals surface area (Å²) in [5.41, 5.74) is 1.27. The molecule has 1 aromatic heterocycles. The van der Waals surface area contributed by atoms with Crippen LogP contribution in [0.4, 0.5) is 4.39 Å². The van der Waals surface area contributed by atoms with Crippen LogP contribution in [0.1, 0.15) is 30.5 Å². The van der Waals surface area contributed by atoms with Gasteiger partial charge in [0.05, 0.1) is 16.6 Å². The minimum absolute atomic E-state index is 0.185. The molecule has 1 amide bonds. The Balaban J connectivity index is 2.23. The van der Waals surface area contributed by atoms with Crippen LogP contribution in [-0.2, 0) is 9.53 Å². The number of nitrogens with one attached hydrogen (secondary N) is 1. The molecule has 22 heavy (non-hydrogen) atoms. The van der Waals surface area contributed by atoms with Crippen molar-refractivity contribution >= 4 is 17.2 Å². The van der Waals surface area contributed by atoms with Crippen LogP contribution in [0.3, 0.4) is 0 Å². The highest BCUT2D eigenvalue weighted by molar-refractivity contribution is 7.15. The second kappa shape index (κ2) is 6.98. The maximum absolute atomic E-state index is 13.9. The number of methoxy groups -OCH3 is 1. The fraction of sp³-hybridized carbons (Fsp3) is 0.375. The fourth-order valence-corrected chi connectivity index (χ4v) is 3.16. The normalized spacial score (nSPS) is 13.7. The second-order valence-electron chi connectivity index (χ2n) is 5.06. The first-order valence-corrected chi connectivity index (χ1v) is 7.81. The molecule has 118 valence electrons. The Hall–Kier alpha value is -1.79. The summed E-state index contributed by atoms with van der Waals surface area (Å²) in [6, 6.07) is 6.34. The molecular weight excluding hydrogens is 303 g/mol. The van der Waals surface area contributed by atoms with E-state index in [1.807, 2.05) is 13.8 Å². The quantitative estimate of drug-likeness (QED) is 0.917. The Kier molecular flexibility index (Phi) is 5.26. The molecule has 0 aliphatic carbocycles. The van der Waals surface area contributed by atoms with Gasteiger partial charge in [-0.15, -0.1) is 11.3 Å². The van der Waals surface area contributed by atoms with Gasteiger partial charge in [-0.2, -0.15) is 0 Å². The van der Waals surface area contributed by atoms with E-state index in [9.17, 15) is 9.18 Å². The highest BCUT2D eigenvalue weighted by atomic mass is 32.1. The largest absolute Gasteiger partial charge is 0.372 e. The van der Waals surface area contributed by atoms with E-state index in [0.29, 0.717) is 10.6 Å². The molecular formula is C16H19FN2O2S. The number of amides is 1. The second-order valence-corrected chi connectivity index (χ2v) is 6.09. The number of hydrogen-bond donors (Lipinski definition) is 1. The molecule has 1 aromatic carbocycles. The zero-order valence-corrected chi connectivity index (χ0v) is 13.8. The van der Waals surface area contributed by atoms with E-state index in [1.165, 1.54) is 24.5 Å². The Morgan fingerprint density at radius 2 is 2.05 bits per heavy atom. The number of benzene rings is 1. The highest BCUT2D eigenvalue weighted by Crippen LogP contribution is 2.32. The van der Waals surface area contributed by atoms with Gasteiger partial charge >= 0.3 is 0 Å². The first-order chi connectivity index (χ1) is 10.4. The molecule has 0 fully saturated rings. The predicted molar refractivity (Wildman–Crippen MR) is 85.3 cm³/mol. The third-order valence-electron chi connectivity index (χ3n) is 3.41. The highest BCUT2D eigenvalue weighted by Gasteiger charge is 2.20. The number of aryl methyl sites for hydroxylation is 1. The third-order valence-corrected chi connectivity index (χ3v) is 4.78. The first-order valence-electron chi connectivity index (χ1n) is 6.99. The van der Waals surface area contributed by atoms with Crippen molar-refractivity contribution in [2.24, 2.45) is 0 Å². The van der Waals surface area contributed by atoms with Crippen LogP contribution in [0.15, 0.2) is 24.3 Å². The number of hydrogen-bond acceptors (Lipinski definition) is 4. The molecule has 6 heteroatoms. The topological polar surface area (TPSA) is 51.2 Å². The molecule has 0 spiro atoms. The molecule has 4 nitrogen and oxygen atoms in total. The van der Waals surface area contributed by atoms with E-state index in [1.54, 1.807) is 25.1 Å². The molecule has 0 aliphatic heterocycles. The number of nitrogens with zero attached hydrogens (tertiary/aromatic N) is 1. The van der Waals surface area contributed by atoms with Gasteiger partial charge in [0.15, 0.2) is 0 Å². The van der Waals surface area contributed by atoms with Crippen molar-refractivity contribution < 1.29 is 13.9 Å². The first kappa shape index (κ1) is 16.6. The van der Waals surface area contributed by atoms with Crippen LogP contribution in [0.25, 0.3) is 10.6 Å². The lowest BCUT2D eigenvalue weighted by atomic mass is 10.2. The monoisotopic (exact) mass is 322 g/mol. The summed E-state index contributed by atoms with van der Waals surface area (Å²) in [7, 11) is 1.49. The molecule has 0 bridgehead atoms. The lowest BCUT2D eigenvalue weighted by molar-refractivity contribution is -0.130. The summed E-state index contributed by atoms with van der Waals surface area (Å²) >= 11 is 1.39. The van der Waals surface area contributed by atoms with Gasteiger partial charge in [-0.3, -0.25) is 4.79 Å². The molecule has 0 saturated carbocycles. The fourth-order valence-electron chi connectivity index (χ4n) is 2.06. The van der Waals surface area contributed by atoms with E-state index >= 15 is 0 Å². The molecule has 0 radical (unpaired) electrons. The minimum Gasteiger partial charge on any atom is -0.372 e. The lowest BCUT2D eigenvalue weighted by Gasteiger charge is -2.16. The molecule has 2 atom stereocenters. The molecule has 1 heterocycles. The van der Waals surface area contributed by atoms with Crippen molar-refractivity contribution in [3.05, 3.63) is 40.7 Å². The number of carbonyl (C=O) groups is 1. The number of ether oxygens (including phenoxy) is 1. The van der Waals surface area contributed by atoms with E-state index < -0.39 is 6.10 Å². The Morgan fingerprint density at radius 3 is 2.68 bits per heavy atom. The Labute approximate surface area is 133 Å². The molecule has 2 rings (SSSR count). The molecule has 0 aliphatic rings. The Bertz CT molecular complexity index is 672. The van der Waals surface area contributed by atoms with Crippen LogP contribution < -0.4 is 5.32 Å². The molecule has 0 saturated heterocycles. The maximum Gasteiger partial charge on any atom is 0.249 e. The number of carbonyl (C=O) groups excluding carboxylic acids is 1. The van der Waals surface area contributed by atoms with Gasteiger partial charge in [0.1, 0.15) is 16.9 Å². The van der Waals surface area contributed by atoms with Crippen molar-refractivity contribution in [2.45, 2.75) is 32.9 Å². The summed E-state index contributed by atoms with van der Waals surface area (Å²) in [5.74, 6) is -0.484. The zero-order chi connectivity index (χ0) is 16.3. The summed E-state index contributed by atoms with van der Waals surface area (Å²) < 4.78 is 18.9. The van der Waals surface area contributed by atoms with Gasteiger partial charge in [-0.25, -0.2) is 9.37 Å². The number of halogens is 1. The van der Waals surface area contributed by atoms with Gasteiger partial charge in [0.2, 0.25) is 5.91 Å². The van der Waals surface area contributed by atoms with Crippen molar-refractivity contribution in [1.29, 1.82) is 0 Å². The zero-order valence-electron chi connectivity index (χ0n) is 13.0. The van der Waals surface area contributed by atoms with Crippen molar-refractivity contribution in [3.8, 4) is 10.6 Å². The number of rotatable bonds is 5. The predicted octanol–water partition coefficient (Wildman–Crippen LogP) is 3.47. The van der Waals surface area contributed by atoms with Gasteiger partial charge in [0.25, 0.3) is 0 Å². The standard InChI is InChI=1S/C16H19FN2O2S/c1-9(18-15(20)11(3)21-4)14-10(2)19-16(22-14)12-7-5-6-8-13(12)17/h5-9,11H,1-4H3,(H,18,20)/t9-,11+/m1/s1. The Morgan fingerprint density at radius 1 is 1.36 bits per heavy atom. The maximum atomic E-state index is 13.9. The van der Waals surface area contributed by atoms with Gasteiger partial charge in [0, 0.05) is 12.7 Å². The molecule has 1 N–H and O–H groups in total. The van der Waals surface area contributed by atoms with Crippen LogP contribution in [0, 0.1) is 12.7 Å². The van der Waals surface area contributed by atoms with Crippen molar-refractivity contribution in [1.82, 2.24) is 10.3 Å². The van der Waals surface area contributed by atoms with E-state index in [0.717, 1.165) is 10.6 Å². The summed E-state index contributed by atoms with van der Waals surface area (Å²) in [5, 5.41) is 3.50. The van der Waals surface area contributed by atoms with E-state index in [-0.39, 0.29) is 17.8 Å². The lowest BCUT2D eigenvalue weighted by Crippen LogP contribution is -2.35. The van der Waals surface area contributed by atoms with E-state index in [2.05, 4.69) is 10.3 Å². The molecule has 2 aromatic rings. The van der Waals surface area contributed by atoms with Crippen molar-refractivity contribution in [3.63, 3.8) is 0 Å². The van der Waals surface area contributed by atoms with Crippen LogP contribution in [0.2, 0.25) is 0 Å². The average Bonchev–Trinajstić information content (AvgIpc) is 2.88. The average molecular weight is 322 g/mol. The van der Waals surface area contributed by atoms with Crippen LogP contribution in [0.5, 0.6) is 0 Å². The van der Waals surface area contributed by atoms with Crippen LogP contribution in [-0.4, -0.2) is 24.1 Å². The SMILES string of the molecule is CO[C@@H](C)C(=O)N[C@H](C)c1sc(-c2ccccc2F)nc1C. The smallest absolute Gasteiger partial charge is 0.249 e. The third kappa shape index (κ3) is 3.51. The summed E-state index contributed by atoms with van der Waals surface area (Å²) in [6.07, 6.45) is -0.512. The molecule has 0 unspecified atom stereocenters. The van der Waals surface area contributed by atoms with E-state index in [4.69, 9.17) is 4.74 Å². The minimum atomic E-state index is -0.512. The summed E-state index contributed by atoms with van der Waals surface area (Å²) in [6.45, 7) is 5.43. The summed E-state index contributed by atoms with van der Waals surface area (Å²) in [4.78, 5) is 17.2. The van der Waals surface area contributed by atoms with Gasteiger partial charge < -0.3 is 10.1 Å². The van der Waals surface area contributed by atoms with Gasteiger partial charge in [-0.1, -0.05) is 12.1 Å². The number of aromatic nitrogens is 1. The number of thiazole rings is 1. The van der Waals surface area contributed by atoms with Gasteiger partial charge in [-0.05, 0) is 32.9 Å². The van der Waals surface area contributed by atoms with Crippen molar-refractivity contribution in [2.75, 3.05) is 7.11 Å².